The maximum absolute atomic E-state index is 11.1. The lowest BCUT2D eigenvalue weighted by molar-refractivity contribution is -0.120. The zero-order chi connectivity index (χ0) is 10.2. The Bertz CT molecular complexity index is 165. The summed E-state index contributed by atoms with van der Waals surface area (Å²) < 4.78 is 0. The minimum atomic E-state index is 0.159. The summed E-state index contributed by atoms with van der Waals surface area (Å²) in [7, 11) is 0. The quantitative estimate of drug-likeness (QED) is 0.631. The third-order valence-electron chi connectivity index (χ3n) is 2.81. The van der Waals surface area contributed by atoms with Gasteiger partial charge in [-0.15, -0.1) is 0 Å². The molecular weight excluding hydrogens is 176 g/mol. The molecule has 0 aliphatic heterocycles. The molecule has 1 aliphatic carbocycles. The number of amides is 1. The summed E-state index contributed by atoms with van der Waals surface area (Å²) in [4.78, 5) is 11.1. The van der Waals surface area contributed by atoms with Gasteiger partial charge in [-0.05, 0) is 32.2 Å². The maximum atomic E-state index is 11.1. The van der Waals surface area contributed by atoms with E-state index in [-0.39, 0.29) is 5.91 Å². The minimum absolute atomic E-state index is 0.159. The van der Waals surface area contributed by atoms with E-state index in [1.165, 1.54) is 25.7 Å². The van der Waals surface area contributed by atoms with Crippen molar-refractivity contribution in [3.05, 3.63) is 0 Å². The van der Waals surface area contributed by atoms with Gasteiger partial charge >= 0.3 is 0 Å². The molecule has 1 rings (SSSR count). The molecule has 3 heteroatoms. The van der Waals surface area contributed by atoms with Gasteiger partial charge in [0, 0.05) is 19.5 Å². The highest BCUT2D eigenvalue weighted by Crippen LogP contribution is 2.23. The van der Waals surface area contributed by atoms with Gasteiger partial charge in [0.2, 0.25) is 5.91 Å². The second-order valence-corrected chi connectivity index (χ2v) is 4.06. The molecule has 0 aromatic carbocycles. The molecule has 0 heterocycles. The van der Waals surface area contributed by atoms with Crippen LogP contribution in [0.1, 0.15) is 39.0 Å². The van der Waals surface area contributed by atoms with Crippen LogP contribution in [0.3, 0.4) is 0 Å². The van der Waals surface area contributed by atoms with Crippen LogP contribution < -0.4 is 10.6 Å². The van der Waals surface area contributed by atoms with Gasteiger partial charge in [-0.3, -0.25) is 4.79 Å². The molecule has 14 heavy (non-hydrogen) atoms. The van der Waals surface area contributed by atoms with Gasteiger partial charge in [-0.2, -0.15) is 0 Å². The van der Waals surface area contributed by atoms with Crippen molar-refractivity contribution >= 4 is 5.91 Å². The van der Waals surface area contributed by atoms with Gasteiger partial charge in [-0.25, -0.2) is 0 Å². The highest BCUT2D eigenvalue weighted by molar-refractivity contribution is 5.75. The lowest BCUT2D eigenvalue weighted by Crippen LogP contribution is -2.29. The number of hydrogen-bond donors (Lipinski definition) is 2. The van der Waals surface area contributed by atoms with E-state index in [9.17, 15) is 4.79 Å². The largest absolute Gasteiger partial charge is 0.356 e. The molecule has 1 fully saturated rings. The number of carbonyl (C=O) groups is 1. The van der Waals surface area contributed by atoms with E-state index in [0.29, 0.717) is 6.42 Å². The molecule has 82 valence electrons. The fourth-order valence-electron chi connectivity index (χ4n) is 2.01. The number of rotatable bonds is 6. The fourth-order valence-corrected chi connectivity index (χ4v) is 2.01. The molecule has 0 radical (unpaired) electrons. The zero-order valence-corrected chi connectivity index (χ0v) is 9.14. The van der Waals surface area contributed by atoms with E-state index >= 15 is 0 Å². The van der Waals surface area contributed by atoms with Crippen LogP contribution in [-0.4, -0.2) is 25.5 Å². The van der Waals surface area contributed by atoms with Crippen molar-refractivity contribution in [3.63, 3.8) is 0 Å². The molecule has 1 amide bonds. The van der Waals surface area contributed by atoms with E-state index in [4.69, 9.17) is 0 Å². The van der Waals surface area contributed by atoms with Gasteiger partial charge in [0.15, 0.2) is 0 Å². The maximum Gasteiger partial charge on any atom is 0.221 e. The van der Waals surface area contributed by atoms with Gasteiger partial charge in [0.1, 0.15) is 0 Å². The molecule has 0 atom stereocenters. The van der Waals surface area contributed by atoms with Crippen molar-refractivity contribution in [2.24, 2.45) is 5.92 Å². The van der Waals surface area contributed by atoms with Gasteiger partial charge in [-0.1, -0.05) is 12.8 Å². The lowest BCUT2D eigenvalue weighted by atomic mass is 10.1. The number of nitrogens with one attached hydrogen (secondary N) is 2. The second-order valence-electron chi connectivity index (χ2n) is 4.06. The molecule has 0 aromatic heterocycles. The van der Waals surface area contributed by atoms with Gasteiger partial charge < -0.3 is 10.6 Å². The normalized spacial score (nSPS) is 17.2. The third kappa shape index (κ3) is 4.61. The van der Waals surface area contributed by atoms with Crippen LogP contribution in [0.4, 0.5) is 0 Å². The molecule has 0 saturated heterocycles. The van der Waals surface area contributed by atoms with Crippen LogP contribution in [-0.2, 0) is 4.79 Å². The van der Waals surface area contributed by atoms with Gasteiger partial charge in [0.05, 0.1) is 0 Å². The first kappa shape index (κ1) is 11.5. The molecular formula is C11H22N2O. The van der Waals surface area contributed by atoms with Crippen LogP contribution in [0.5, 0.6) is 0 Å². The molecule has 0 bridgehead atoms. The van der Waals surface area contributed by atoms with Crippen molar-refractivity contribution in [1.29, 1.82) is 0 Å². The molecule has 1 saturated carbocycles. The van der Waals surface area contributed by atoms with E-state index < -0.39 is 0 Å². The lowest BCUT2D eigenvalue weighted by Gasteiger charge is -2.09. The predicted octanol–water partition coefficient (Wildman–Crippen LogP) is 1.29. The monoisotopic (exact) mass is 198 g/mol. The van der Waals surface area contributed by atoms with Crippen LogP contribution in [0.2, 0.25) is 0 Å². The fraction of sp³-hybridized carbons (Fsp3) is 0.909. The van der Waals surface area contributed by atoms with E-state index in [0.717, 1.165) is 25.6 Å². The Morgan fingerprint density at radius 1 is 1.36 bits per heavy atom. The Balaban J connectivity index is 1.90. The summed E-state index contributed by atoms with van der Waals surface area (Å²) in [5.74, 6) is 1.02. The average molecular weight is 198 g/mol. The topological polar surface area (TPSA) is 41.1 Å². The van der Waals surface area contributed by atoms with Crippen LogP contribution in [0.15, 0.2) is 0 Å². The summed E-state index contributed by atoms with van der Waals surface area (Å²) >= 11 is 0. The van der Waals surface area contributed by atoms with Gasteiger partial charge in [0.25, 0.3) is 0 Å². The molecule has 2 N–H and O–H groups in total. The first-order valence-electron chi connectivity index (χ1n) is 5.80. The molecule has 3 nitrogen and oxygen atoms in total. The number of hydrogen-bond acceptors (Lipinski definition) is 2. The van der Waals surface area contributed by atoms with Crippen molar-refractivity contribution in [2.75, 3.05) is 19.6 Å². The average Bonchev–Trinajstić information content (AvgIpc) is 2.65. The van der Waals surface area contributed by atoms with Crippen LogP contribution in [0, 0.1) is 5.92 Å². The van der Waals surface area contributed by atoms with Crippen LogP contribution in [0.25, 0.3) is 0 Å². The Morgan fingerprint density at radius 2 is 2.07 bits per heavy atom. The Morgan fingerprint density at radius 3 is 2.71 bits per heavy atom. The van der Waals surface area contributed by atoms with E-state index in [2.05, 4.69) is 10.6 Å². The summed E-state index contributed by atoms with van der Waals surface area (Å²) in [5.41, 5.74) is 0. The SMILES string of the molecule is CCNC(=O)CCNCC1CCCC1. The Labute approximate surface area is 86.6 Å². The number of carbonyl (C=O) groups excluding carboxylic acids is 1. The Hall–Kier alpha value is -0.570. The first-order chi connectivity index (χ1) is 6.83. The molecule has 0 aromatic rings. The van der Waals surface area contributed by atoms with Crippen molar-refractivity contribution < 1.29 is 4.79 Å². The minimum Gasteiger partial charge on any atom is -0.356 e. The standard InChI is InChI=1S/C11H22N2O/c1-2-13-11(14)7-8-12-9-10-5-3-4-6-10/h10,12H,2-9H2,1H3,(H,13,14). The highest BCUT2D eigenvalue weighted by atomic mass is 16.1. The van der Waals surface area contributed by atoms with E-state index in [1.807, 2.05) is 6.92 Å². The molecule has 0 unspecified atom stereocenters. The van der Waals surface area contributed by atoms with Crippen molar-refractivity contribution in [3.8, 4) is 0 Å². The summed E-state index contributed by atoms with van der Waals surface area (Å²) in [6.45, 7) is 4.60. The second kappa shape index (κ2) is 6.82. The van der Waals surface area contributed by atoms with Crippen LogP contribution >= 0.6 is 0 Å². The molecule has 1 aliphatic rings. The summed E-state index contributed by atoms with van der Waals surface area (Å²) in [5, 5.41) is 6.15. The van der Waals surface area contributed by atoms with Crippen molar-refractivity contribution in [1.82, 2.24) is 10.6 Å². The predicted molar refractivity (Wildman–Crippen MR) is 58.1 cm³/mol. The summed E-state index contributed by atoms with van der Waals surface area (Å²) in [6.07, 6.45) is 6.13. The zero-order valence-electron chi connectivity index (χ0n) is 9.14. The molecule has 0 spiro atoms. The first-order valence-corrected chi connectivity index (χ1v) is 5.80. The summed E-state index contributed by atoms with van der Waals surface area (Å²) in [6, 6.07) is 0. The highest BCUT2D eigenvalue weighted by Gasteiger charge is 2.13. The smallest absolute Gasteiger partial charge is 0.221 e. The Kier molecular flexibility index (Phi) is 5.60. The van der Waals surface area contributed by atoms with E-state index in [1.54, 1.807) is 0 Å². The third-order valence-corrected chi connectivity index (χ3v) is 2.81. The van der Waals surface area contributed by atoms with Crippen molar-refractivity contribution in [2.45, 2.75) is 39.0 Å².